The molecule has 0 heterocycles. The summed E-state index contributed by atoms with van der Waals surface area (Å²) in [4.78, 5) is 12.2. The van der Waals surface area contributed by atoms with E-state index in [1.54, 1.807) is 12.1 Å². The molecule has 3 nitrogen and oxygen atoms in total. The SMILES string of the molecule is CC(N)C(C)C(=O)NCC1(c2cccc(F)c2)CCCCC1. The van der Waals surface area contributed by atoms with E-state index in [0.717, 1.165) is 31.2 Å². The van der Waals surface area contributed by atoms with Crippen molar-refractivity contribution in [3.05, 3.63) is 35.6 Å². The van der Waals surface area contributed by atoms with Gasteiger partial charge in [0, 0.05) is 23.9 Å². The number of nitrogens with one attached hydrogen (secondary N) is 1. The highest BCUT2D eigenvalue weighted by molar-refractivity contribution is 5.79. The molecule has 3 N–H and O–H groups in total. The third-order valence-electron chi connectivity index (χ3n) is 5.05. The molecule has 0 saturated heterocycles. The Morgan fingerprint density at radius 3 is 2.59 bits per heavy atom. The Labute approximate surface area is 132 Å². The Balaban J connectivity index is 2.15. The topological polar surface area (TPSA) is 55.1 Å². The maximum absolute atomic E-state index is 13.6. The number of carbonyl (C=O) groups excluding carboxylic acids is 1. The van der Waals surface area contributed by atoms with Crippen LogP contribution in [0.5, 0.6) is 0 Å². The van der Waals surface area contributed by atoms with Crippen molar-refractivity contribution < 1.29 is 9.18 Å². The second-order valence-corrected chi connectivity index (χ2v) is 6.72. The van der Waals surface area contributed by atoms with Crippen LogP contribution >= 0.6 is 0 Å². The van der Waals surface area contributed by atoms with Gasteiger partial charge < -0.3 is 11.1 Å². The van der Waals surface area contributed by atoms with Crippen LogP contribution in [0.25, 0.3) is 0 Å². The van der Waals surface area contributed by atoms with E-state index >= 15 is 0 Å². The van der Waals surface area contributed by atoms with Gasteiger partial charge in [-0.05, 0) is 37.5 Å². The first kappa shape index (κ1) is 16.9. The fourth-order valence-electron chi connectivity index (χ4n) is 3.27. The molecule has 2 rings (SSSR count). The lowest BCUT2D eigenvalue weighted by atomic mass is 9.69. The number of hydrogen-bond donors (Lipinski definition) is 2. The molecule has 1 saturated carbocycles. The molecule has 0 radical (unpaired) electrons. The van der Waals surface area contributed by atoms with Crippen molar-refractivity contribution in [1.29, 1.82) is 0 Å². The Bertz CT molecular complexity index is 510. The number of benzene rings is 1. The molecule has 1 aromatic carbocycles. The zero-order valence-corrected chi connectivity index (χ0v) is 13.6. The van der Waals surface area contributed by atoms with Gasteiger partial charge in [-0.2, -0.15) is 0 Å². The Morgan fingerprint density at radius 2 is 2.00 bits per heavy atom. The lowest BCUT2D eigenvalue weighted by Crippen LogP contribution is -2.46. The number of amides is 1. The molecule has 1 fully saturated rings. The summed E-state index contributed by atoms with van der Waals surface area (Å²) in [5.74, 6) is -0.442. The number of nitrogens with two attached hydrogens (primary N) is 1. The normalized spacial score (nSPS) is 20.2. The van der Waals surface area contributed by atoms with E-state index in [9.17, 15) is 9.18 Å². The average molecular weight is 306 g/mol. The summed E-state index contributed by atoms with van der Waals surface area (Å²) >= 11 is 0. The minimum atomic E-state index is -0.215. The molecular weight excluding hydrogens is 279 g/mol. The van der Waals surface area contributed by atoms with Gasteiger partial charge >= 0.3 is 0 Å². The van der Waals surface area contributed by atoms with Crippen molar-refractivity contribution in [2.75, 3.05) is 6.54 Å². The van der Waals surface area contributed by atoms with Gasteiger partial charge in [0.15, 0.2) is 0 Å². The average Bonchev–Trinajstić information content (AvgIpc) is 2.52. The third kappa shape index (κ3) is 3.86. The van der Waals surface area contributed by atoms with Crippen LogP contribution in [0.2, 0.25) is 0 Å². The Kier molecular flexibility index (Phi) is 5.57. The van der Waals surface area contributed by atoms with Gasteiger partial charge in [0.2, 0.25) is 5.91 Å². The number of hydrogen-bond acceptors (Lipinski definition) is 2. The Hall–Kier alpha value is -1.42. The molecule has 0 aliphatic heterocycles. The molecule has 0 aromatic heterocycles. The molecule has 1 amide bonds. The summed E-state index contributed by atoms with van der Waals surface area (Å²) in [6.07, 6.45) is 5.43. The van der Waals surface area contributed by atoms with E-state index in [1.165, 1.54) is 12.5 Å². The lowest BCUT2D eigenvalue weighted by molar-refractivity contribution is -0.125. The van der Waals surface area contributed by atoms with Gasteiger partial charge in [-0.3, -0.25) is 4.79 Å². The molecular formula is C18H27FN2O. The van der Waals surface area contributed by atoms with Crippen molar-refractivity contribution in [3.63, 3.8) is 0 Å². The maximum Gasteiger partial charge on any atom is 0.224 e. The Morgan fingerprint density at radius 1 is 1.32 bits per heavy atom. The summed E-state index contributed by atoms with van der Waals surface area (Å²) in [5, 5.41) is 3.05. The van der Waals surface area contributed by atoms with Gasteiger partial charge in [-0.15, -0.1) is 0 Å². The number of rotatable bonds is 5. The molecule has 4 heteroatoms. The molecule has 2 atom stereocenters. The van der Waals surface area contributed by atoms with Crippen molar-refractivity contribution in [2.24, 2.45) is 11.7 Å². The first-order valence-corrected chi connectivity index (χ1v) is 8.24. The van der Waals surface area contributed by atoms with E-state index in [4.69, 9.17) is 5.73 Å². The monoisotopic (exact) mass is 306 g/mol. The van der Waals surface area contributed by atoms with Gasteiger partial charge in [0.1, 0.15) is 5.82 Å². The van der Waals surface area contributed by atoms with E-state index in [1.807, 2.05) is 19.9 Å². The molecule has 22 heavy (non-hydrogen) atoms. The van der Waals surface area contributed by atoms with Crippen molar-refractivity contribution >= 4 is 5.91 Å². The molecule has 0 spiro atoms. The van der Waals surface area contributed by atoms with Gasteiger partial charge in [-0.1, -0.05) is 38.3 Å². The van der Waals surface area contributed by atoms with Crippen LogP contribution in [0, 0.1) is 11.7 Å². The molecule has 2 unspecified atom stereocenters. The van der Waals surface area contributed by atoms with Crippen molar-refractivity contribution in [3.8, 4) is 0 Å². The molecule has 0 bridgehead atoms. The van der Waals surface area contributed by atoms with E-state index < -0.39 is 0 Å². The van der Waals surface area contributed by atoms with Crippen LogP contribution in [0.4, 0.5) is 4.39 Å². The van der Waals surface area contributed by atoms with E-state index in [2.05, 4.69) is 5.32 Å². The third-order valence-corrected chi connectivity index (χ3v) is 5.05. The van der Waals surface area contributed by atoms with Gasteiger partial charge in [-0.25, -0.2) is 4.39 Å². The highest BCUT2D eigenvalue weighted by Crippen LogP contribution is 2.39. The smallest absolute Gasteiger partial charge is 0.224 e. The fourth-order valence-corrected chi connectivity index (χ4v) is 3.27. The van der Waals surface area contributed by atoms with E-state index in [-0.39, 0.29) is 29.1 Å². The van der Waals surface area contributed by atoms with E-state index in [0.29, 0.717) is 6.54 Å². The van der Waals surface area contributed by atoms with Crippen molar-refractivity contribution in [2.45, 2.75) is 57.4 Å². The van der Waals surface area contributed by atoms with Gasteiger partial charge in [0.25, 0.3) is 0 Å². The highest BCUT2D eigenvalue weighted by Gasteiger charge is 2.35. The van der Waals surface area contributed by atoms with Crippen LogP contribution in [-0.2, 0) is 10.2 Å². The van der Waals surface area contributed by atoms with Gasteiger partial charge in [0.05, 0.1) is 0 Å². The van der Waals surface area contributed by atoms with Crippen molar-refractivity contribution in [1.82, 2.24) is 5.32 Å². The van der Waals surface area contributed by atoms with Crippen LogP contribution in [0.15, 0.2) is 24.3 Å². The standard InChI is InChI=1S/C18H27FN2O/c1-13(14(2)20)17(22)21-12-18(9-4-3-5-10-18)15-7-6-8-16(19)11-15/h6-8,11,13-14H,3-5,9-10,12,20H2,1-2H3,(H,21,22). The van der Waals surface area contributed by atoms with Crippen LogP contribution in [-0.4, -0.2) is 18.5 Å². The lowest BCUT2D eigenvalue weighted by Gasteiger charge is -2.38. The second kappa shape index (κ2) is 7.23. The largest absolute Gasteiger partial charge is 0.355 e. The minimum Gasteiger partial charge on any atom is -0.355 e. The summed E-state index contributed by atoms with van der Waals surface area (Å²) in [6, 6.07) is 6.66. The number of halogens is 1. The quantitative estimate of drug-likeness (QED) is 0.878. The van der Waals surface area contributed by atoms with Crippen LogP contribution in [0.3, 0.4) is 0 Å². The molecule has 1 aliphatic rings. The zero-order valence-electron chi connectivity index (χ0n) is 13.6. The van der Waals surface area contributed by atoms with Crippen LogP contribution in [0.1, 0.15) is 51.5 Å². The first-order chi connectivity index (χ1) is 10.4. The fraction of sp³-hybridized carbons (Fsp3) is 0.611. The first-order valence-electron chi connectivity index (χ1n) is 8.24. The summed E-state index contributed by atoms with van der Waals surface area (Å²) in [5.41, 5.74) is 6.65. The summed E-state index contributed by atoms with van der Waals surface area (Å²) < 4.78 is 13.6. The highest BCUT2D eigenvalue weighted by atomic mass is 19.1. The minimum absolute atomic E-state index is 0.0173. The zero-order chi connectivity index (χ0) is 16.2. The predicted molar refractivity (Wildman–Crippen MR) is 87.0 cm³/mol. The molecule has 122 valence electrons. The summed E-state index contributed by atoms with van der Waals surface area (Å²) in [6.45, 7) is 4.25. The molecule has 1 aliphatic carbocycles. The maximum atomic E-state index is 13.6. The second-order valence-electron chi connectivity index (χ2n) is 6.72. The van der Waals surface area contributed by atoms with Crippen LogP contribution < -0.4 is 11.1 Å². The summed E-state index contributed by atoms with van der Waals surface area (Å²) in [7, 11) is 0. The predicted octanol–water partition coefficient (Wildman–Crippen LogP) is 3.13. The molecule has 1 aromatic rings. The number of carbonyl (C=O) groups is 1.